The summed E-state index contributed by atoms with van der Waals surface area (Å²) in [6.07, 6.45) is -4.58. The lowest BCUT2D eigenvalue weighted by Gasteiger charge is -2.11. The van der Waals surface area contributed by atoms with E-state index in [0.717, 1.165) is 18.2 Å². The Bertz CT molecular complexity index is 1050. The number of aryl methyl sites for hydroxylation is 1. The number of aromatic nitrogens is 1. The molecule has 1 aromatic heterocycles. The number of carbonyl (C=O) groups is 1. The second-order valence-electron chi connectivity index (χ2n) is 6.18. The van der Waals surface area contributed by atoms with Gasteiger partial charge in [-0.2, -0.15) is 13.2 Å². The van der Waals surface area contributed by atoms with Crippen molar-refractivity contribution in [2.24, 2.45) is 0 Å². The molecule has 0 aliphatic rings. The summed E-state index contributed by atoms with van der Waals surface area (Å²) in [5.41, 5.74) is -0.901. The van der Waals surface area contributed by atoms with Gasteiger partial charge in [0.25, 0.3) is 5.91 Å². The van der Waals surface area contributed by atoms with Crippen LogP contribution in [0.5, 0.6) is 11.5 Å². The van der Waals surface area contributed by atoms with E-state index in [1.165, 1.54) is 7.11 Å². The van der Waals surface area contributed by atoms with Gasteiger partial charge in [0.15, 0.2) is 5.69 Å². The lowest BCUT2D eigenvalue weighted by molar-refractivity contribution is -0.137. The van der Waals surface area contributed by atoms with Crippen LogP contribution in [0.3, 0.4) is 0 Å². The standard InChI is InChI=1S/C20H16ClF3N2O4/c1-11-15(10-29-14-6-4-13(28-2)5-7-14)18(26-30-11)19(27)25-17-9-12(20(22,23)24)3-8-16(17)21/h3-9H,10H2,1-2H3,(H,25,27). The molecule has 0 aliphatic carbocycles. The molecule has 3 rings (SSSR count). The number of rotatable bonds is 6. The van der Waals surface area contributed by atoms with E-state index in [9.17, 15) is 18.0 Å². The van der Waals surface area contributed by atoms with Gasteiger partial charge in [-0.1, -0.05) is 16.8 Å². The van der Waals surface area contributed by atoms with Crippen LogP contribution in [-0.2, 0) is 12.8 Å². The predicted molar refractivity (Wildman–Crippen MR) is 103 cm³/mol. The highest BCUT2D eigenvalue weighted by Gasteiger charge is 2.31. The minimum Gasteiger partial charge on any atom is -0.497 e. The van der Waals surface area contributed by atoms with Crippen LogP contribution in [0.4, 0.5) is 18.9 Å². The van der Waals surface area contributed by atoms with Crippen molar-refractivity contribution in [3.05, 3.63) is 70.1 Å². The first-order valence-electron chi connectivity index (χ1n) is 8.59. The van der Waals surface area contributed by atoms with Crippen LogP contribution in [0, 0.1) is 6.92 Å². The van der Waals surface area contributed by atoms with E-state index in [0.29, 0.717) is 22.8 Å². The summed E-state index contributed by atoms with van der Waals surface area (Å²) in [7, 11) is 1.54. The molecule has 3 aromatic rings. The highest BCUT2D eigenvalue weighted by atomic mass is 35.5. The lowest BCUT2D eigenvalue weighted by atomic mass is 10.1. The van der Waals surface area contributed by atoms with Crippen LogP contribution < -0.4 is 14.8 Å². The first-order valence-corrected chi connectivity index (χ1v) is 8.97. The Balaban J connectivity index is 1.77. The van der Waals surface area contributed by atoms with E-state index in [1.807, 2.05) is 0 Å². The minimum absolute atomic E-state index is 0.0409. The lowest BCUT2D eigenvalue weighted by Crippen LogP contribution is -2.16. The molecule has 2 aromatic carbocycles. The van der Waals surface area contributed by atoms with Crippen LogP contribution in [0.25, 0.3) is 0 Å². The van der Waals surface area contributed by atoms with Gasteiger partial charge >= 0.3 is 6.18 Å². The number of methoxy groups -OCH3 is 1. The third-order valence-electron chi connectivity index (χ3n) is 4.18. The summed E-state index contributed by atoms with van der Waals surface area (Å²) in [6, 6.07) is 9.42. The number of nitrogens with zero attached hydrogens (tertiary/aromatic N) is 1. The van der Waals surface area contributed by atoms with Gasteiger partial charge in [-0.3, -0.25) is 4.79 Å². The molecule has 0 aliphatic heterocycles. The zero-order valence-electron chi connectivity index (χ0n) is 15.8. The predicted octanol–water partition coefficient (Wildman–Crippen LogP) is 5.50. The first-order chi connectivity index (χ1) is 14.2. The molecular weight excluding hydrogens is 425 g/mol. The second kappa shape index (κ2) is 8.66. The van der Waals surface area contributed by atoms with Crippen LogP contribution in [0.2, 0.25) is 5.02 Å². The zero-order valence-corrected chi connectivity index (χ0v) is 16.6. The molecule has 0 radical (unpaired) electrons. The number of ether oxygens (including phenoxy) is 2. The Morgan fingerprint density at radius 1 is 1.17 bits per heavy atom. The number of halogens is 4. The molecule has 0 spiro atoms. The van der Waals surface area contributed by atoms with Crippen molar-refractivity contribution < 1.29 is 32.0 Å². The van der Waals surface area contributed by atoms with Gasteiger partial charge in [-0.25, -0.2) is 0 Å². The van der Waals surface area contributed by atoms with E-state index in [4.69, 9.17) is 25.6 Å². The molecule has 0 fully saturated rings. The maximum Gasteiger partial charge on any atom is 0.416 e. The molecule has 6 nitrogen and oxygen atoms in total. The number of nitrogens with one attached hydrogen (secondary N) is 1. The number of hydrogen-bond acceptors (Lipinski definition) is 5. The van der Waals surface area contributed by atoms with Crippen molar-refractivity contribution in [3.63, 3.8) is 0 Å². The summed E-state index contributed by atoms with van der Waals surface area (Å²) in [5.74, 6) is 0.732. The molecule has 0 unspecified atom stereocenters. The fourth-order valence-electron chi connectivity index (χ4n) is 2.55. The van der Waals surface area contributed by atoms with E-state index >= 15 is 0 Å². The van der Waals surface area contributed by atoms with Crippen molar-refractivity contribution >= 4 is 23.2 Å². The highest BCUT2D eigenvalue weighted by Crippen LogP contribution is 2.34. The van der Waals surface area contributed by atoms with Crippen molar-refractivity contribution in [2.75, 3.05) is 12.4 Å². The average Bonchev–Trinajstić information content (AvgIpc) is 3.08. The molecule has 10 heteroatoms. The van der Waals surface area contributed by atoms with Gasteiger partial charge in [0, 0.05) is 0 Å². The quantitative estimate of drug-likeness (QED) is 0.548. The van der Waals surface area contributed by atoms with Gasteiger partial charge in [0.05, 0.1) is 28.9 Å². The minimum atomic E-state index is -4.58. The molecule has 158 valence electrons. The largest absolute Gasteiger partial charge is 0.497 e. The Morgan fingerprint density at radius 2 is 1.83 bits per heavy atom. The number of benzene rings is 2. The van der Waals surface area contributed by atoms with Crippen molar-refractivity contribution in [1.82, 2.24) is 5.16 Å². The van der Waals surface area contributed by atoms with Crippen LogP contribution in [0.15, 0.2) is 47.0 Å². The normalized spacial score (nSPS) is 11.3. The Hall–Kier alpha value is -3.20. The smallest absolute Gasteiger partial charge is 0.416 e. The summed E-state index contributed by atoms with van der Waals surface area (Å²) in [4.78, 5) is 12.6. The van der Waals surface area contributed by atoms with Crippen LogP contribution >= 0.6 is 11.6 Å². The number of alkyl halides is 3. The molecule has 1 heterocycles. The van der Waals surface area contributed by atoms with Crippen molar-refractivity contribution in [2.45, 2.75) is 19.7 Å². The molecule has 1 amide bonds. The fraction of sp³-hybridized carbons (Fsp3) is 0.200. The van der Waals surface area contributed by atoms with Crippen molar-refractivity contribution in [3.8, 4) is 11.5 Å². The topological polar surface area (TPSA) is 73.6 Å². The summed E-state index contributed by atoms with van der Waals surface area (Å²) < 4.78 is 54.6. The SMILES string of the molecule is COc1ccc(OCc2c(C(=O)Nc3cc(C(F)(F)F)ccc3Cl)noc2C)cc1. The monoisotopic (exact) mass is 440 g/mol. The highest BCUT2D eigenvalue weighted by molar-refractivity contribution is 6.34. The van der Waals surface area contributed by atoms with Gasteiger partial charge in [0.2, 0.25) is 0 Å². The Morgan fingerprint density at radius 3 is 2.47 bits per heavy atom. The van der Waals surface area contributed by atoms with Crippen LogP contribution in [-0.4, -0.2) is 18.2 Å². The molecule has 0 saturated heterocycles. The third kappa shape index (κ3) is 4.85. The second-order valence-corrected chi connectivity index (χ2v) is 6.58. The first kappa shape index (κ1) is 21.5. The Kier molecular flexibility index (Phi) is 6.21. The van der Waals surface area contributed by atoms with Gasteiger partial charge in [-0.05, 0) is 49.4 Å². The maximum absolute atomic E-state index is 12.9. The van der Waals surface area contributed by atoms with Gasteiger partial charge < -0.3 is 19.3 Å². The number of hydrogen-bond donors (Lipinski definition) is 1. The van der Waals surface area contributed by atoms with Crippen molar-refractivity contribution in [1.29, 1.82) is 0 Å². The molecule has 0 bridgehead atoms. The van der Waals surface area contributed by atoms with Crippen LogP contribution in [0.1, 0.15) is 27.4 Å². The molecule has 1 N–H and O–H groups in total. The maximum atomic E-state index is 12.9. The summed E-state index contributed by atoms with van der Waals surface area (Å²) >= 11 is 5.93. The van der Waals surface area contributed by atoms with E-state index in [-0.39, 0.29) is 23.0 Å². The fourth-order valence-corrected chi connectivity index (χ4v) is 2.71. The average molecular weight is 441 g/mol. The third-order valence-corrected chi connectivity index (χ3v) is 4.51. The van der Waals surface area contributed by atoms with E-state index in [1.54, 1.807) is 31.2 Å². The van der Waals surface area contributed by atoms with Gasteiger partial charge in [0.1, 0.15) is 23.9 Å². The molecular formula is C20H16ClF3N2O4. The molecule has 30 heavy (non-hydrogen) atoms. The number of anilines is 1. The zero-order chi connectivity index (χ0) is 21.9. The summed E-state index contributed by atoms with van der Waals surface area (Å²) in [6.45, 7) is 1.55. The van der Waals surface area contributed by atoms with Gasteiger partial charge in [-0.15, -0.1) is 0 Å². The Labute approximate surface area is 174 Å². The number of carbonyl (C=O) groups excluding carboxylic acids is 1. The number of amides is 1. The molecule has 0 saturated carbocycles. The summed E-state index contributed by atoms with van der Waals surface area (Å²) in [5, 5.41) is 5.99. The van der Waals surface area contributed by atoms with E-state index < -0.39 is 17.6 Å². The molecule has 0 atom stereocenters. The van der Waals surface area contributed by atoms with E-state index in [2.05, 4.69) is 10.5 Å².